The van der Waals surface area contributed by atoms with Crippen molar-refractivity contribution in [3.05, 3.63) is 60.4 Å². The third kappa shape index (κ3) is 3.47. The third-order valence-corrected chi connectivity index (χ3v) is 7.05. The Kier molecular flexibility index (Phi) is 4.93. The minimum absolute atomic E-state index is 0.0502. The average Bonchev–Trinajstić information content (AvgIpc) is 2.73. The molecule has 3 aromatic rings. The highest BCUT2D eigenvalue weighted by atomic mass is 32.2. The zero-order valence-corrected chi connectivity index (χ0v) is 16.2. The lowest BCUT2D eigenvalue weighted by Crippen LogP contribution is -2.32. The summed E-state index contributed by atoms with van der Waals surface area (Å²) in [7, 11) is -3.66. The van der Waals surface area contributed by atoms with Crippen LogP contribution < -0.4 is 0 Å². The van der Waals surface area contributed by atoms with E-state index in [1.165, 1.54) is 24.0 Å². The van der Waals surface area contributed by atoms with E-state index in [4.69, 9.17) is 0 Å². The van der Waals surface area contributed by atoms with Gasteiger partial charge in [-0.05, 0) is 62.2 Å². The van der Waals surface area contributed by atoms with E-state index in [9.17, 15) is 8.42 Å². The van der Waals surface area contributed by atoms with Gasteiger partial charge in [-0.2, -0.15) is 0 Å². The Morgan fingerprint density at radius 3 is 2.59 bits per heavy atom. The monoisotopic (exact) mass is 381 g/mol. The van der Waals surface area contributed by atoms with Crippen LogP contribution in [-0.4, -0.2) is 42.9 Å². The van der Waals surface area contributed by atoms with Gasteiger partial charge in [-0.1, -0.05) is 31.2 Å². The van der Waals surface area contributed by atoms with Gasteiger partial charge in [0, 0.05) is 17.8 Å². The molecule has 1 saturated heterocycles. The number of fused-ring (bicyclic) bond motifs is 1. The number of para-hydroxylation sites is 1. The standard InChI is InChI=1S/C21H23N3O2S/c1-2-24-12-9-16(10-13-24)19-7-5-6-17-14-18(15-23-21(17)19)27(25,26)20-8-3-4-11-22-20/h3-8,11,14-16H,2,9-10,12-13H2,1H3. The molecule has 0 aliphatic carbocycles. The lowest BCUT2D eigenvalue weighted by Gasteiger charge is -2.31. The van der Waals surface area contributed by atoms with Crippen LogP contribution in [0.2, 0.25) is 0 Å². The Labute approximate surface area is 160 Å². The molecular formula is C21H23N3O2S. The van der Waals surface area contributed by atoms with Crippen molar-refractivity contribution in [2.75, 3.05) is 19.6 Å². The number of hydrogen-bond donors (Lipinski definition) is 0. The minimum atomic E-state index is -3.66. The molecule has 0 unspecified atom stereocenters. The van der Waals surface area contributed by atoms with Gasteiger partial charge in [0.2, 0.25) is 9.84 Å². The summed E-state index contributed by atoms with van der Waals surface area (Å²) >= 11 is 0. The molecule has 2 aromatic heterocycles. The SMILES string of the molecule is CCN1CCC(c2cccc3cc(S(=O)(=O)c4ccccn4)cnc23)CC1. The molecule has 0 atom stereocenters. The van der Waals surface area contributed by atoms with Gasteiger partial charge in [0.15, 0.2) is 5.03 Å². The van der Waals surface area contributed by atoms with Crippen molar-refractivity contribution in [1.82, 2.24) is 14.9 Å². The Morgan fingerprint density at radius 2 is 1.89 bits per heavy atom. The second-order valence-electron chi connectivity index (χ2n) is 6.97. The number of benzene rings is 1. The van der Waals surface area contributed by atoms with E-state index in [2.05, 4.69) is 27.9 Å². The first-order valence-electron chi connectivity index (χ1n) is 9.36. The molecule has 0 N–H and O–H groups in total. The second-order valence-corrected chi connectivity index (χ2v) is 8.87. The number of piperidine rings is 1. The number of rotatable bonds is 4. The number of aromatic nitrogens is 2. The topological polar surface area (TPSA) is 63.2 Å². The summed E-state index contributed by atoms with van der Waals surface area (Å²) in [6.07, 6.45) is 5.18. The molecule has 0 spiro atoms. The lowest BCUT2D eigenvalue weighted by atomic mass is 9.88. The molecule has 5 nitrogen and oxygen atoms in total. The van der Waals surface area contributed by atoms with E-state index < -0.39 is 9.84 Å². The lowest BCUT2D eigenvalue weighted by molar-refractivity contribution is 0.223. The highest BCUT2D eigenvalue weighted by Gasteiger charge is 2.23. The molecule has 0 bridgehead atoms. The molecule has 1 aromatic carbocycles. The molecule has 140 valence electrons. The van der Waals surface area contributed by atoms with Crippen molar-refractivity contribution in [3.8, 4) is 0 Å². The van der Waals surface area contributed by atoms with Crippen LogP contribution in [0.15, 0.2) is 64.8 Å². The molecule has 6 heteroatoms. The van der Waals surface area contributed by atoms with Crippen molar-refractivity contribution in [1.29, 1.82) is 0 Å². The van der Waals surface area contributed by atoms with Crippen LogP contribution in [0.3, 0.4) is 0 Å². The molecule has 27 heavy (non-hydrogen) atoms. The Morgan fingerprint density at radius 1 is 1.07 bits per heavy atom. The summed E-state index contributed by atoms with van der Waals surface area (Å²) in [5, 5.41) is 0.914. The summed E-state index contributed by atoms with van der Waals surface area (Å²) in [4.78, 5) is 11.2. The minimum Gasteiger partial charge on any atom is -0.304 e. The predicted molar refractivity (Wildman–Crippen MR) is 106 cm³/mol. The zero-order chi connectivity index (χ0) is 18.9. The van der Waals surface area contributed by atoms with Gasteiger partial charge >= 0.3 is 0 Å². The molecule has 3 heterocycles. The maximum atomic E-state index is 12.8. The van der Waals surface area contributed by atoms with E-state index in [-0.39, 0.29) is 9.92 Å². The van der Waals surface area contributed by atoms with Gasteiger partial charge in [-0.25, -0.2) is 13.4 Å². The van der Waals surface area contributed by atoms with Crippen molar-refractivity contribution in [2.24, 2.45) is 0 Å². The normalized spacial score (nSPS) is 16.6. The van der Waals surface area contributed by atoms with Crippen LogP contribution >= 0.6 is 0 Å². The van der Waals surface area contributed by atoms with E-state index in [0.717, 1.165) is 43.4 Å². The van der Waals surface area contributed by atoms with Crippen molar-refractivity contribution >= 4 is 20.7 Å². The molecule has 1 fully saturated rings. The molecule has 0 saturated carbocycles. The molecule has 0 radical (unpaired) electrons. The van der Waals surface area contributed by atoms with Crippen LogP contribution in [0.4, 0.5) is 0 Å². The summed E-state index contributed by atoms with van der Waals surface area (Å²) in [6, 6.07) is 12.7. The zero-order valence-electron chi connectivity index (χ0n) is 15.4. The van der Waals surface area contributed by atoms with Crippen molar-refractivity contribution in [2.45, 2.75) is 35.6 Å². The van der Waals surface area contributed by atoms with E-state index in [1.54, 1.807) is 18.2 Å². The van der Waals surface area contributed by atoms with E-state index in [1.807, 2.05) is 12.1 Å². The van der Waals surface area contributed by atoms with Crippen LogP contribution in [-0.2, 0) is 9.84 Å². The molecule has 0 amide bonds. The predicted octanol–water partition coefficient (Wildman–Crippen LogP) is 3.66. The van der Waals surface area contributed by atoms with Crippen molar-refractivity contribution in [3.63, 3.8) is 0 Å². The van der Waals surface area contributed by atoms with E-state index >= 15 is 0 Å². The van der Waals surface area contributed by atoms with Crippen LogP contribution in [0, 0.1) is 0 Å². The first-order valence-corrected chi connectivity index (χ1v) is 10.8. The third-order valence-electron chi connectivity index (χ3n) is 5.42. The number of pyridine rings is 2. The van der Waals surface area contributed by atoms with E-state index in [0.29, 0.717) is 5.92 Å². The fourth-order valence-electron chi connectivity index (χ4n) is 3.83. The second kappa shape index (κ2) is 7.37. The Bertz CT molecular complexity index is 1040. The molecule has 1 aliphatic rings. The summed E-state index contributed by atoms with van der Waals surface area (Å²) in [5.41, 5.74) is 2.14. The Hall–Kier alpha value is -2.31. The Balaban J connectivity index is 1.71. The highest BCUT2D eigenvalue weighted by Crippen LogP contribution is 2.33. The largest absolute Gasteiger partial charge is 0.304 e. The first kappa shape index (κ1) is 18.1. The van der Waals surface area contributed by atoms with Crippen LogP contribution in [0.5, 0.6) is 0 Å². The van der Waals surface area contributed by atoms with Crippen LogP contribution in [0.1, 0.15) is 31.2 Å². The van der Waals surface area contributed by atoms with Crippen LogP contribution in [0.25, 0.3) is 10.9 Å². The smallest absolute Gasteiger partial charge is 0.225 e. The average molecular weight is 382 g/mol. The number of hydrogen-bond acceptors (Lipinski definition) is 5. The van der Waals surface area contributed by atoms with Gasteiger partial charge < -0.3 is 4.90 Å². The summed E-state index contributed by atoms with van der Waals surface area (Å²) in [6.45, 7) is 5.49. The van der Waals surface area contributed by atoms with Gasteiger partial charge in [-0.15, -0.1) is 0 Å². The van der Waals surface area contributed by atoms with Gasteiger partial charge in [-0.3, -0.25) is 4.98 Å². The first-order chi connectivity index (χ1) is 13.1. The van der Waals surface area contributed by atoms with Gasteiger partial charge in [0.25, 0.3) is 0 Å². The fraction of sp³-hybridized carbons (Fsp3) is 0.333. The van der Waals surface area contributed by atoms with Gasteiger partial charge in [0.05, 0.1) is 10.4 Å². The van der Waals surface area contributed by atoms with Crippen molar-refractivity contribution < 1.29 is 8.42 Å². The molecule has 4 rings (SSSR count). The number of likely N-dealkylation sites (tertiary alicyclic amines) is 1. The highest BCUT2D eigenvalue weighted by molar-refractivity contribution is 7.91. The molecule has 1 aliphatic heterocycles. The number of sulfone groups is 1. The summed E-state index contributed by atoms with van der Waals surface area (Å²) in [5.74, 6) is 0.474. The maximum absolute atomic E-state index is 12.8. The maximum Gasteiger partial charge on any atom is 0.225 e. The molecular weight excluding hydrogens is 358 g/mol. The quantitative estimate of drug-likeness (QED) is 0.690. The van der Waals surface area contributed by atoms with Gasteiger partial charge in [0.1, 0.15) is 0 Å². The summed E-state index contributed by atoms with van der Waals surface area (Å²) < 4.78 is 25.7. The fourth-order valence-corrected chi connectivity index (χ4v) is 5.00. The number of nitrogens with zero attached hydrogens (tertiary/aromatic N) is 3.